The Labute approximate surface area is 179 Å². The average Bonchev–Trinajstić information content (AvgIpc) is 2.97. The fourth-order valence-corrected chi connectivity index (χ4v) is 2.69. The summed E-state index contributed by atoms with van der Waals surface area (Å²) in [6.07, 6.45) is 4.02. The van der Waals surface area contributed by atoms with Crippen LogP contribution in [-0.4, -0.2) is 44.8 Å². The molecule has 1 heterocycles. The number of benzene rings is 1. The molecule has 0 bridgehead atoms. The molecule has 0 radical (unpaired) electrons. The monoisotopic (exact) mass is 442 g/mol. The number of hydrazine groups is 1. The van der Waals surface area contributed by atoms with Gasteiger partial charge < -0.3 is 15.2 Å². The van der Waals surface area contributed by atoms with Gasteiger partial charge in [-0.3, -0.25) is 9.61 Å². The molecule has 0 unspecified atom stereocenters. The standard InChI is InChI=1S/C18H30N6.CH4O4S/c1-14-11-15(20-13-18(2,3)12-19-4)7-8-16(14)21-22-17-23(5)9-10-24(17)6;1-5-6(2,3)4/h7-11,19-21H,12-13H2,1-6H3;1H3,(H,2,3,4). The van der Waals surface area contributed by atoms with Crippen molar-refractivity contribution in [2.45, 2.75) is 20.8 Å². The number of aromatic nitrogens is 2. The first-order valence-electron chi connectivity index (χ1n) is 9.42. The normalized spacial score (nSPS) is 11.5. The summed E-state index contributed by atoms with van der Waals surface area (Å²) in [7, 11) is 2.41. The highest BCUT2D eigenvalue weighted by Crippen LogP contribution is 2.21. The van der Waals surface area contributed by atoms with Crippen LogP contribution in [0.5, 0.6) is 0 Å². The van der Waals surface area contributed by atoms with E-state index in [1.165, 1.54) is 5.56 Å². The molecule has 0 aliphatic carbocycles. The number of rotatable bonds is 9. The van der Waals surface area contributed by atoms with E-state index in [-0.39, 0.29) is 5.41 Å². The molecule has 0 fully saturated rings. The first kappa shape index (κ1) is 25.7. The van der Waals surface area contributed by atoms with Crippen LogP contribution in [0.25, 0.3) is 0 Å². The van der Waals surface area contributed by atoms with Gasteiger partial charge in [-0.05, 0) is 43.1 Å². The van der Waals surface area contributed by atoms with Crippen LogP contribution in [0.3, 0.4) is 0 Å². The topological polar surface area (TPSA) is 123 Å². The minimum atomic E-state index is -4.41. The maximum Gasteiger partial charge on any atom is 0.378 e. The second-order valence-corrected chi connectivity index (χ2v) is 8.90. The Morgan fingerprint density at radius 2 is 1.87 bits per heavy atom. The van der Waals surface area contributed by atoms with Gasteiger partial charge in [-0.1, -0.05) is 13.8 Å². The molecule has 4 N–H and O–H groups in total. The number of nitrogens with zero attached hydrogens (tertiary/aromatic N) is 2. The van der Waals surface area contributed by atoms with Crippen molar-refractivity contribution in [3.05, 3.63) is 36.2 Å². The van der Waals surface area contributed by atoms with Gasteiger partial charge in [0.15, 0.2) is 0 Å². The quantitative estimate of drug-likeness (QED) is 0.199. The number of hydrogen-bond acceptors (Lipinski definition) is 8. The van der Waals surface area contributed by atoms with Gasteiger partial charge in [0.2, 0.25) is 10.4 Å². The molecular weight excluding hydrogens is 408 g/mol. The Hall–Kier alpha value is -2.34. The van der Waals surface area contributed by atoms with E-state index in [0.717, 1.165) is 37.5 Å². The average molecular weight is 443 g/mol. The van der Waals surface area contributed by atoms with Crippen LogP contribution in [0, 0.1) is 12.3 Å². The molecule has 30 heavy (non-hydrogen) atoms. The zero-order valence-electron chi connectivity index (χ0n) is 18.7. The van der Waals surface area contributed by atoms with Crippen molar-refractivity contribution in [3.8, 4) is 0 Å². The molecule has 0 atom stereocenters. The fraction of sp³-hybridized carbons (Fsp3) is 0.526. The summed E-state index contributed by atoms with van der Waals surface area (Å²) < 4.78 is 35.1. The van der Waals surface area contributed by atoms with Crippen LogP contribution in [0.1, 0.15) is 19.4 Å². The number of imidazole rings is 1. The molecule has 11 heteroatoms. The van der Waals surface area contributed by atoms with E-state index in [9.17, 15) is 13.0 Å². The molecule has 0 saturated heterocycles. The van der Waals surface area contributed by atoms with Gasteiger partial charge in [0.05, 0.1) is 39.3 Å². The lowest BCUT2D eigenvalue weighted by atomic mass is 9.93. The summed E-state index contributed by atoms with van der Waals surface area (Å²) in [5, 5.41) is 6.77. The summed E-state index contributed by atoms with van der Waals surface area (Å²) in [5.74, 6) is 0.991. The van der Waals surface area contributed by atoms with Crippen molar-refractivity contribution < 1.29 is 21.7 Å². The number of aryl methyl sites for hydroxylation is 3. The van der Waals surface area contributed by atoms with Crippen molar-refractivity contribution in [2.24, 2.45) is 19.5 Å². The molecule has 0 aliphatic heterocycles. The van der Waals surface area contributed by atoms with Gasteiger partial charge in [0, 0.05) is 18.8 Å². The molecule has 1 aromatic heterocycles. The molecule has 0 spiro atoms. The van der Waals surface area contributed by atoms with Crippen LogP contribution in [0.2, 0.25) is 0 Å². The minimum Gasteiger partial charge on any atom is -0.726 e. The molecule has 0 saturated carbocycles. The lowest BCUT2D eigenvalue weighted by Crippen LogP contribution is -2.33. The van der Waals surface area contributed by atoms with Crippen LogP contribution in [-0.2, 0) is 28.7 Å². The SMILES string of the molecule is CNCC(C)(C)CNc1ccc(NNc2n(C)cc[n+]2C)c(C)c1.COS(=O)(=O)[O-]. The van der Waals surface area contributed by atoms with E-state index < -0.39 is 10.4 Å². The van der Waals surface area contributed by atoms with Crippen LogP contribution in [0.4, 0.5) is 17.3 Å². The van der Waals surface area contributed by atoms with E-state index in [1.54, 1.807) is 0 Å². The number of nitrogens with one attached hydrogen (secondary N) is 4. The zero-order valence-corrected chi connectivity index (χ0v) is 19.6. The third-order valence-corrected chi connectivity index (χ3v) is 4.76. The summed E-state index contributed by atoms with van der Waals surface area (Å²) in [6.45, 7) is 8.53. The molecule has 1 aromatic carbocycles. The first-order chi connectivity index (χ1) is 13.9. The largest absolute Gasteiger partial charge is 0.726 e. The van der Waals surface area contributed by atoms with Crippen molar-refractivity contribution in [1.29, 1.82) is 0 Å². The Morgan fingerprint density at radius 3 is 2.33 bits per heavy atom. The molecule has 2 aromatic rings. The first-order valence-corrected chi connectivity index (χ1v) is 10.8. The Balaban J connectivity index is 0.000000656. The van der Waals surface area contributed by atoms with Gasteiger partial charge in [-0.15, -0.1) is 0 Å². The van der Waals surface area contributed by atoms with E-state index in [1.807, 2.05) is 42.7 Å². The van der Waals surface area contributed by atoms with Gasteiger partial charge in [-0.2, -0.15) is 5.43 Å². The number of hydrogen-bond donors (Lipinski definition) is 4. The molecular formula is C19H34N6O4S. The Morgan fingerprint density at radius 1 is 1.23 bits per heavy atom. The highest BCUT2D eigenvalue weighted by molar-refractivity contribution is 7.80. The zero-order chi connectivity index (χ0) is 22.9. The molecule has 0 aliphatic rings. The van der Waals surface area contributed by atoms with Crippen molar-refractivity contribution in [3.63, 3.8) is 0 Å². The highest BCUT2D eigenvalue weighted by atomic mass is 32.3. The van der Waals surface area contributed by atoms with Crippen LogP contribution < -0.4 is 26.1 Å². The Bertz CT molecular complexity index is 892. The van der Waals surface area contributed by atoms with Crippen molar-refractivity contribution in [1.82, 2.24) is 9.88 Å². The minimum absolute atomic E-state index is 0.211. The fourth-order valence-electron chi connectivity index (χ4n) is 2.69. The van der Waals surface area contributed by atoms with E-state index in [4.69, 9.17) is 0 Å². The summed E-state index contributed by atoms with van der Waals surface area (Å²) >= 11 is 0. The van der Waals surface area contributed by atoms with Crippen LogP contribution >= 0.6 is 0 Å². The summed E-state index contributed by atoms with van der Waals surface area (Å²) in [6, 6.07) is 6.38. The second-order valence-electron chi connectivity index (χ2n) is 7.75. The highest BCUT2D eigenvalue weighted by Gasteiger charge is 2.16. The third-order valence-electron chi connectivity index (χ3n) is 4.35. The summed E-state index contributed by atoms with van der Waals surface area (Å²) in [5.41, 5.74) is 10.2. The van der Waals surface area contributed by atoms with Gasteiger partial charge >= 0.3 is 5.95 Å². The van der Waals surface area contributed by atoms with Gasteiger partial charge in [-0.25, -0.2) is 17.6 Å². The molecule has 2 rings (SSSR count). The second kappa shape index (κ2) is 11.2. The smallest absolute Gasteiger partial charge is 0.378 e. The predicted molar refractivity (Wildman–Crippen MR) is 118 cm³/mol. The Kier molecular flexibility index (Phi) is 9.56. The van der Waals surface area contributed by atoms with Gasteiger partial charge in [0.1, 0.15) is 0 Å². The summed E-state index contributed by atoms with van der Waals surface area (Å²) in [4.78, 5) is 0. The maximum absolute atomic E-state index is 9.22. The lowest BCUT2D eigenvalue weighted by molar-refractivity contribution is -0.656. The van der Waals surface area contributed by atoms with E-state index >= 15 is 0 Å². The van der Waals surface area contributed by atoms with Crippen molar-refractivity contribution >= 4 is 27.7 Å². The molecule has 0 amide bonds. The van der Waals surface area contributed by atoms with Crippen molar-refractivity contribution in [2.75, 3.05) is 43.4 Å². The van der Waals surface area contributed by atoms with Crippen LogP contribution in [0.15, 0.2) is 30.6 Å². The number of anilines is 3. The van der Waals surface area contributed by atoms with E-state index in [2.05, 4.69) is 64.6 Å². The third kappa shape index (κ3) is 8.99. The molecule has 10 nitrogen and oxygen atoms in total. The lowest BCUT2D eigenvalue weighted by Gasteiger charge is -2.25. The molecule has 170 valence electrons. The predicted octanol–water partition coefficient (Wildman–Crippen LogP) is 1.35. The van der Waals surface area contributed by atoms with Gasteiger partial charge in [0.25, 0.3) is 0 Å². The van der Waals surface area contributed by atoms with E-state index in [0.29, 0.717) is 0 Å². The maximum atomic E-state index is 9.22.